The largest absolute Gasteiger partial charge is 0.347 e. The number of nitrogens with zero attached hydrogens (tertiary/aromatic N) is 4. The highest BCUT2D eigenvalue weighted by Crippen LogP contribution is 2.36. The van der Waals surface area contributed by atoms with Crippen LogP contribution in [0.15, 0.2) is 53.7 Å². The molecule has 0 bridgehead atoms. The number of rotatable bonds is 3. The molecular weight excluding hydrogens is 376 g/mol. The lowest BCUT2D eigenvalue weighted by Crippen LogP contribution is -2.51. The average molecular weight is 395 g/mol. The first-order valence-corrected chi connectivity index (χ1v) is 9.59. The molecule has 0 saturated carbocycles. The zero-order chi connectivity index (χ0) is 20.0. The summed E-state index contributed by atoms with van der Waals surface area (Å²) in [5, 5.41) is 2.86. The van der Waals surface area contributed by atoms with Crippen molar-refractivity contribution in [3.8, 4) is 11.3 Å². The minimum atomic E-state index is -3.04. The van der Waals surface area contributed by atoms with E-state index >= 15 is 0 Å². The Morgan fingerprint density at radius 3 is 2.79 bits per heavy atom. The van der Waals surface area contributed by atoms with Crippen molar-refractivity contribution in [1.82, 2.24) is 19.5 Å². The van der Waals surface area contributed by atoms with Crippen molar-refractivity contribution in [3.63, 3.8) is 0 Å². The molecule has 0 radical (unpaired) electrons. The number of pyridine rings is 2. The summed E-state index contributed by atoms with van der Waals surface area (Å²) in [5.74, 6) is -2.77. The Bertz CT molecular complexity index is 1090. The third kappa shape index (κ3) is 3.28. The highest BCUT2D eigenvalue weighted by Gasteiger charge is 2.46. The van der Waals surface area contributed by atoms with Crippen molar-refractivity contribution in [3.05, 3.63) is 70.5 Å². The fourth-order valence-electron chi connectivity index (χ4n) is 4.25. The van der Waals surface area contributed by atoms with Gasteiger partial charge in [-0.3, -0.25) is 19.3 Å². The van der Waals surface area contributed by atoms with Crippen LogP contribution in [0.5, 0.6) is 0 Å². The summed E-state index contributed by atoms with van der Waals surface area (Å²) in [6.07, 6.45) is 6.67. The Kier molecular flexibility index (Phi) is 4.15. The third-order valence-corrected chi connectivity index (χ3v) is 5.71. The van der Waals surface area contributed by atoms with Crippen LogP contribution in [0.4, 0.5) is 14.7 Å². The Morgan fingerprint density at radius 1 is 1.17 bits per heavy atom. The summed E-state index contributed by atoms with van der Waals surface area (Å²) < 4.78 is 30.7. The fraction of sp³-hybridized carbons (Fsp3) is 0.333. The van der Waals surface area contributed by atoms with Gasteiger partial charge in [0.1, 0.15) is 0 Å². The summed E-state index contributed by atoms with van der Waals surface area (Å²) in [6.45, 7) is -0.666. The maximum Gasteiger partial charge on any atom is 0.285 e. The molecule has 3 aromatic rings. The molecular formula is C21H19F2N5O. The van der Waals surface area contributed by atoms with E-state index < -0.39 is 24.1 Å². The molecule has 3 aromatic heterocycles. The van der Waals surface area contributed by atoms with Gasteiger partial charge in [0, 0.05) is 35.9 Å². The first kappa shape index (κ1) is 17.9. The van der Waals surface area contributed by atoms with Crippen LogP contribution in [-0.2, 0) is 19.4 Å². The van der Waals surface area contributed by atoms with E-state index in [1.54, 1.807) is 30.7 Å². The Labute approximate surface area is 165 Å². The zero-order valence-electron chi connectivity index (χ0n) is 15.6. The molecule has 0 fully saturated rings. The van der Waals surface area contributed by atoms with Gasteiger partial charge in [0.15, 0.2) is 0 Å². The van der Waals surface area contributed by atoms with Gasteiger partial charge in [-0.2, -0.15) is 0 Å². The lowest BCUT2D eigenvalue weighted by atomic mass is 9.92. The number of aromatic nitrogens is 4. The SMILES string of the molecule is O=c1cc(-c2ccncc2)nc2n1CC(F)(F)C(CC1Cc3cccnc3C1)N2. The second-order valence-corrected chi connectivity index (χ2v) is 7.70. The van der Waals surface area contributed by atoms with Gasteiger partial charge < -0.3 is 5.32 Å². The van der Waals surface area contributed by atoms with Crippen LogP contribution in [0.3, 0.4) is 0 Å². The van der Waals surface area contributed by atoms with Gasteiger partial charge >= 0.3 is 0 Å². The molecule has 29 heavy (non-hydrogen) atoms. The molecule has 5 rings (SSSR count). The molecule has 2 unspecified atom stereocenters. The van der Waals surface area contributed by atoms with Gasteiger partial charge in [-0.1, -0.05) is 6.07 Å². The van der Waals surface area contributed by atoms with Crippen LogP contribution in [0.25, 0.3) is 11.3 Å². The van der Waals surface area contributed by atoms with E-state index in [9.17, 15) is 13.6 Å². The van der Waals surface area contributed by atoms with Crippen LogP contribution in [0.2, 0.25) is 0 Å². The predicted molar refractivity (Wildman–Crippen MR) is 104 cm³/mol. The summed E-state index contributed by atoms with van der Waals surface area (Å²) in [4.78, 5) is 25.2. The van der Waals surface area contributed by atoms with Crippen molar-refractivity contribution in [2.75, 3.05) is 5.32 Å². The lowest BCUT2D eigenvalue weighted by Gasteiger charge is -2.35. The minimum Gasteiger partial charge on any atom is -0.347 e. The number of anilines is 1. The van der Waals surface area contributed by atoms with Crippen LogP contribution in [0.1, 0.15) is 17.7 Å². The predicted octanol–water partition coefficient (Wildman–Crippen LogP) is 2.93. The quantitative estimate of drug-likeness (QED) is 0.738. The Morgan fingerprint density at radius 2 is 2.00 bits per heavy atom. The van der Waals surface area contributed by atoms with Crippen molar-refractivity contribution < 1.29 is 8.78 Å². The molecule has 0 aromatic carbocycles. The maximum atomic E-state index is 14.9. The van der Waals surface area contributed by atoms with Crippen molar-refractivity contribution in [1.29, 1.82) is 0 Å². The van der Waals surface area contributed by atoms with Crippen molar-refractivity contribution >= 4 is 5.95 Å². The second kappa shape index (κ2) is 6.72. The lowest BCUT2D eigenvalue weighted by molar-refractivity contribution is -0.0480. The number of hydrogen-bond acceptors (Lipinski definition) is 5. The van der Waals surface area contributed by atoms with Gasteiger partial charge in [0.05, 0.1) is 18.3 Å². The van der Waals surface area contributed by atoms with Gasteiger partial charge in [0.25, 0.3) is 11.5 Å². The minimum absolute atomic E-state index is 0.0879. The first-order valence-electron chi connectivity index (χ1n) is 9.59. The molecule has 0 saturated heterocycles. The molecule has 0 amide bonds. The van der Waals surface area contributed by atoms with Crippen LogP contribution < -0.4 is 10.9 Å². The fourth-order valence-corrected chi connectivity index (χ4v) is 4.25. The number of halogens is 2. The summed E-state index contributed by atoms with van der Waals surface area (Å²) in [5.41, 5.74) is 2.79. The van der Waals surface area contributed by atoms with Crippen LogP contribution >= 0.6 is 0 Å². The van der Waals surface area contributed by atoms with E-state index in [1.165, 1.54) is 6.07 Å². The van der Waals surface area contributed by atoms with E-state index in [0.29, 0.717) is 24.1 Å². The summed E-state index contributed by atoms with van der Waals surface area (Å²) in [6, 6.07) is 7.55. The van der Waals surface area contributed by atoms with Gasteiger partial charge in [0.2, 0.25) is 5.95 Å². The number of fused-ring (bicyclic) bond motifs is 2. The van der Waals surface area contributed by atoms with E-state index in [4.69, 9.17) is 0 Å². The molecule has 148 valence electrons. The van der Waals surface area contributed by atoms with E-state index in [2.05, 4.69) is 20.3 Å². The zero-order valence-corrected chi connectivity index (χ0v) is 15.6. The molecule has 6 nitrogen and oxygen atoms in total. The molecule has 2 atom stereocenters. The maximum absolute atomic E-state index is 14.9. The monoisotopic (exact) mass is 395 g/mol. The Hall–Kier alpha value is -3.16. The molecule has 1 aliphatic heterocycles. The standard InChI is InChI=1S/C21H19F2N5O/c22-21(23)12-28-19(29)11-17(14-3-6-24-7-4-14)26-20(28)27-18(21)10-13-8-15-2-1-5-25-16(15)9-13/h1-7,11,13,18H,8-10,12H2,(H,26,27). The van der Waals surface area contributed by atoms with Gasteiger partial charge in [-0.25, -0.2) is 13.8 Å². The second-order valence-electron chi connectivity index (χ2n) is 7.70. The van der Waals surface area contributed by atoms with Gasteiger partial charge in [-0.15, -0.1) is 0 Å². The van der Waals surface area contributed by atoms with E-state index in [0.717, 1.165) is 22.2 Å². The smallest absolute Gasteiger partial charge is 0.285 e. The molecule has 0 spiro atoms. The van der Waals surface area contributed by atoms with Crippen molar-refractivity contribution in [2.45, 2.75) is 37.8 Å². The normalized spacial score (nSPS) is 21.9. The van der Waals surface area contributed by atoms with Crippen LogP contribution in [-0.4, -0.2) is 31.5 Å². The molecule has 2 aliphatic rings. The first-order chi connectivity index (χ1) is 14.0. The van der Waals surface area contributed by atoms with Crippen molar-refractivity contribution in [2.24, 2.45) is 5.92 Å². The summed E-state index contributed by atoms with van der Waals surface area (Å²) in [7, 11) is 0. The Balaban J connectivity index is 1.43. The molecule has 4 heterocycles. The number of hydrogen-bond donors (Lipinski definition) is 1. The number of alkyl halides is 2. The third-order valence-electron chi connectivity index (χ3n) is 5.71. The number of nitrogens with one attached hydrogen (secondary N) is 1. The van der Waals surface area contributed by atoms with Gasteiger partial charge in [-0.05, 0) is 48.9 Å². The van der Waals surface area contributed by atoms with Crippen LogP contribution in [0, 0.1) is 5.92 Å². The molecule has 8 heteroatoms. The topological polar surface area (TPSA) is 72.7 Å². The highest BCUT2D eigenvalue weighted by molar-refractivity contribution is 5.59. The average Bonchev–Trinajstić information content (AvgIpc) is 3.12. The van der Waals surface area contributed by atoms with E-state index in [1.807, 2.05) is 12.1 Å². The summed E-state index contributed by atoms with van der Waals surface area (Å²) >= 11 is 0. The van der Waals surface area contributed by atoms with E-state index in [-0.39, 0.29) is 11.9 Å². The molecule has 1 aliphatic carbocycles. The highest BCUT2D eigenvalue weighted by atomic mass is 19.3. The molecule has 1 N–H and O–H groups in total.